The van der Waals surface area contributed by atoms with E-state index in [0.717, 1.165) is 6.42 Å². The Labute approximate surface area is 195 Å². The fourth-order valence-electron chi connectivity index (χ4n) is 2.37. The van der Waals surface area contributed by atoms with Crippen LogP contribution in [0.4, 0.5) is 0 Å². The molecule has 0 rings (SSSR count). The van der Waals surface area contributed by atoms with Gasteiger partial charge in [-0.1, -0.05) is 96.8 Å². The van der Waals surface area contributed by atoms with Crippen LogP contribution in [0.5, 0.6) is 0 Å². The standard InChI is InChI=1S/C17H35.2H3O3PS.Zn/c1-3-5-7-9-11-13-15-17-16-14-12-10-8-6-4-2;2*1-4(2,3)5;/h1,3-17H2,2H3;2*(H3,1,2,3,5);/q-1;;;. The Morgan fingerprint density at radius 2 is 0.714 bits per heavy atom. The predicted molar refractivity (Wildman–Crippen MR) is 122 cm³/mol. The first kappa shape index (κ1) is 37.0. The number of unbranched alkanes of at least 4 members (excludes halogenated alkanes) is 14. The van der Waals surface area contributed by atoms with Crippen LogP contribution >= 0.6 is 13.4 Å². The van der Waals surface area contributed by atoms with E-state index in [-0.39, 0.29) is 19.5 Å². The Morgan fingerprint density at radius 1 is 0.536 bits per heavy atom. The summed E-state index contributed by atoms with van der Waals surface area (Å²) in [4.78, 5) is 45.3. The van der Waals surface area contributed by atoms with Crippen molar-refractivity contribution < 1.29 is 48.8 Å². The van der Waals surface area contributed by atoms with Gasteiger partial charge in [-0.3, -0.25) is 0 Å². The van der Waals surface area contributed by atoms with E-state index in [4.69, 9.17) is 29.4 Å². The van der Waals surface area contributed by atoms with Crippen LogP contribution in [0.15, 0.2) is 0 Å². The molecule has 11 heteroatoms. The van der Waals surface area contributed by atoms with Crippen molar-refractivity contribution in [3.05, 3.63) is 6.92 Å². The van der Waals surface area contributed by atoms with Crippen molar-refractivity contribution in [1.29, 1.82) is 0 Å². The summed E-state index contributed by atoms with van der Waals surface area (Å²) in [6.07, 6.45) is 21.3. The van der Waals surface area contributed by atoms with Crippen molar-refractivity contribution >= 4 is 37.1 Å². The summed E-state index contributed by atoms with van der Waals surface area (Å²) in [7, 11) is 0. The molecule has 0 atom stereocenters. The molecular weight excluding hydrogens is 492 g/mol. The third-order valence-corrected chi connectivity index (χ3v) is 3.60. The Bertz CT molecular complexity index is 330. The van der Waals surface area contributed by atoms with Gasteiger partial charge in [-0.25, -0.2) is 0 Å². The van der Waals surface area contributed by atoms with Gasteiger partial charge in [0.2, 0.25) is 0 Å². The molecular formula is C17H41O6P2S2Zn-. The van der Waals surface area contributed by atoms with Crippen LogP contribution in [-0.2, 0) is 43.1 Å². The molecule has 0 saturated carbocycles. The summed E-state index contributed by atoms with van der Waals surface area (Å²) < 4.78 is 0. The van der Waals surface area contributed by atoms with Crippen LogP contribution in [0.2, 0.25) is 0 Å². The predicted octanol–water partition coefficient (Wildman–Crippen LogP) is 5.06. The first-order valence-electron chi connectivity index (χ1n) is 9.77. The van der Waals surface area contributed by atoms with Gasteiger partial charge in [-0.05, 0) is 23.6 Å². The molecule has 0 aromatic heterocycles. The van der Waals surface area contributed by atoms with Crippen molar-refractivity contribution in [3.8, 4) is 0 Å². The monoisotopic (exact) mass is 531 g/mol. The first-order chi connectivity index (χ1) is 12.4. The maximum atomic E-state index is 7.56. The first-order valence-corrected chi connectivity index (χ1v) is 15.1. The Hall–Kier alpha value is 1.68. The summed E-state index contributed by atoms with van der Waals surface area (Å²) in [5.41, 5.74) is 0. The third-order valence-electron chi connectivity index (χ3n) is 3.60. The molecule has 6 nitrogen and oxygen atoms in total. The SMILES string of the molecule is OP(O)(O)=S.OP(O)(O)=S.[CH2-]CCCCCCCCCCCCCCCC.[Zn]. The molecule has 0 fully saturated rings. The Morgan fingerprint density at radius 3 is 0.893 bits per heavy atom. The molecule has 0 saturated heterocycles. The fraction of sp³-hybridized carbons (Fsp3) is 0.941. The second-order valence-corrected chi connectivity index (χ2v) is 11.5. The fourth-order valence-corrected chi connectivity index (χ4v) is 2.37. The average Bonchev–Trinajstić information content (AvgIpc) is 2.49. The van der Waals surface area contributed by atoms with Crippen molar-refractivity contribution in [2.75, 3.05) is 0 Å². The van der Waals surface area contributed by atoms with Gasteiger partial charge in [0.05, 0.1) is 0 Å². The summed E-state index contributed by atoms with van der Waals surface area (Å²) >= 11 is 7.21. The quantitative estimate of drug-likeness (QED) is 0.0794. The van der Waals surface area contributed by atoms with Gasteiger partial charge < -0.3 is 36.3 Å². The van der Waals surface area contributed by atoms with Crippen LogP contribution in [0.3, 0.4) is 0 Å². The van der Waals surface area contributed by atoms with E-state index in [0.29, 0.717) is 0 Å². The molecule has 0 aliphatic heterocycles. The minimum absolute atomic E-state index is 0. The zero-order valence-corrected chi connectivity index (χ0v) is 23.8. The van der Waals surface area contributed by atoms with E-state index in [1.807, 2.05) is 0 Å². The Kier molecular flexibility index (Phi) is 35.3. The van der Waals surface area contributed by atoms with Crippen molar-refractivity contribution in [3.63, 3.8) is 0 Å². The molecule has 0 bridgehead atoms. The maximum Gasteiger partial charge on any atom is 0.319 e. The van der Waals surface area contributed by atoms with Gasteiger partial charge in [0.1, 0.15) is 0 Å². The van der Waals surface area contributed by atoms with Gasteiger partial charge in [-0.15, -0.1) is 0 Å². The molecule has 0 unspecified atom stereocenters. The third kappa shape index (κ3) is 80.1. The number of hydrogen-bond acceptors (Lipinski definition) is 2. The molecule has 0 radical (unpaired) electrons. The normalized spacial score (nSPS) is 10.9. The van der Waals surface area contributed by atoms with E-state index in [1.165, 1.54) is 89.9 Å². The summed E-state index contributed by atoms with van der Waals surface area (Å²) in [6.45, 7) is -1.44. The topological polar surface area (TPSA) is 121 Å². The molecule has 0 amide bonds. The zero-order chi connectivity index (χ0) is 21.6. The summed E-state index contributed by atoms with van der Waals surface area (Å²) in [5, 5.41) is 0. The van der Waals surface area contributed by atoms with Crippen molar-refractivity contribution in [2.24, 2.45) is 0 Å². The number of rotatable bonds is 14. The largest absolute Gasteiger partial charge is 0.343 e. The molecule has 0 aromatic rings. The van der Waals surface area contributed by atoms with Gasteiger partial charge in [0.15, 0.2) is 0 Å². The molecule has 0 heterocycles. The Balaban J connectivity index is -0.000000216. The second-order valence-electron chi connectivity index (χ2n) is 6.48. The molecule has 0 aromatic carbocycles. The van der Waals surface area contributed by atoms with Crippen LogP contribution in [0, 0.1) is 6.92 Å². The summed E-state index contributed by atoms with van der Waals surface area (Å²) in [5.74, 6) is 0. The molecule has 170 valence electrons. The van der Waals surface area contributed by atoms with Gasteiger partial charge >= 0.3 is 13.4 Å². The van der Waals surface area contributed by atoms with Crippen LogP contribution < -0.4 is 0 Å². The molecule has 0 aliphatic rings. The van der Waals surface area contributed by atoms with Crippen molar-refractivity contribution in [2.45, 2.75) is 103 Å². The summed E-state index contributed by atoms with van der Waals surface area (Å²) in [6, 6.07) is 0. The maximum absolute atomic E-state index is 7.56. The van der Waals surface area contributed by atoms with Crippen LogP contribution in [0.25, 0.3) is 0 Å². The zero-order valence-electron chi connectivity index (χ0n) is 17.4. The van der Waals surface area contributed by atoms with Gasteiger partial charge in [0, 0.05) is 19.5 Å². The van der Waals surface area contributed by atoms with E-state index in [1.54, 1.807) is 0 Å². The van der Waals surface area contributed by atoms with Gasteiger partial charge in [-0.2, -0.15) is 6.42 Å². The minimum Gasteiger partial charge on any atom is -0.343 e. The smallest absolute Gasteiger partial charge is 0.319 e. The van der Waals surface area contributed by atoms with Crippen LogP contribution in [-0.4, -0.2) is 29.4 Å². The molecule has 6 N–H and O–H groups in total. The van der Waals surface area contributed by atoms with E-state index in [2.05, 4.69) is 37.5 Å². The number of hydrogen-bond donors (Lipinski definition) is 6. The minimum atomic E-state index is -3.81. The second kappa shape index (κ2) is 26.7. The average molecular weight is 533 g/mol. The molecule has 28 heavy (non-hydrogen) atoms. The van der Waals surface area contributed by atoms with E-state index in [9.17, 15) is 0 Å². The molecule has 0 spiro atoms. The van der Waals surface area contributed by atoms with E-state index >= 15 is 0 Å². The van der Waals surface area contributed by atoms with Gasteiger partial charge in [0.25, 0.3) is 0 Å². The molecule has 0 aliphatic carbocycles. The van der Waals surface area contributed by atoms with E-state index < -0.39 is 13.4 Å². The van der Waals surface area contributed by atoms with Crippen LogP contribution in [0.1, 0.15) is 103 Å². The van der Waals surface area contributed by atoms with Crippen molar-refractivity contribution in [1.82, 2.24) is 0 Å².